The first-order valence-electron chi connectivity index (χ1n) is 9.25. The van der Waals surface area contributed by atoms with Gasteiger partial charge in [0.2, 0.25) is 5.91 Å². The summed E-state index contributed by atoms with van der Waals surface area (Å²) in [6.45, 7) is 7.38. The molecule has 2 heterocycles. The lowest BCUT2D eigenvalue weighted by Crippen LogP contribution is -2.50. The summed E-state index contributed by atoms with van der Waals surface area (Å²) in [4.78, 5) is 44.4. The third-order valence-electron chi connectivity index (χ3n) is 4.97. The molecule has 1 aliphatic heterocycles. The van der Waals surface area contributed by atoms with E-state index in [4.69, 9.17) is 0 Å². The largest absolute Gasteiger partial charge is 0.339 e. The molecule has 0 spiro atoms. The zero-order valence-corrected chi connectivity index (χ0v) is 16.4. The summed E-state index contributed by atoms with van der Waals surface area (Å²) in [5.74, 6) is -0.498. The molecule has 1 aromatic heterocycles. The number of aryl methyl sites for hydroxylation is 2. The van der Waals surface area contributed by atoms with E-state index in [1.54, 1.807) is 15.9 Å². The van der Waals surface area contributed by atoms with Crippen molar-refractivity contribution in [3.8, 4) is 0 Å². The Morgan fingerprint density at radius 2 is 1.57 bits per heavy atom. The monoisotopic (exact) mass is 380 g/mol. The molecule has 0 unspecified atom stereocenters. The van der Waals surface area contributed by atoms with Crippen LogP contribution in [-0.4, -0.2) is 58.7 Å². The van der Waals surface area contributed by atoms with Gasteiger partial charge in [-0.2, -0.15) is 0 Å². The van der Waals surface area contributed by atoms with Gasteiger partial charge in [0.15, 0.2) is 0 Å². The molecule has 0 aliphatic carbocycles. The van der Waals surface area contributed by atoms with Crippen LogP contribution in [0.3, 0.4) is 0 Å². The van der Waals surface area contributed by atoms with Crippen LogP contribution < -0.4 is 5.32 Å². The molecule has 3 amide bonds. The Labute approximate surface area is 164 Å². The molecule has 0 atom stereocenters. The SMILES string of the molecule is CC(=O)N1CCN(C(=O)c2ccnc(C(=O)Nc3c(C)cccc3C)c2)CC1. The van der Waals surface area contributed by atoms with Gasteiger partial charge in [0.25, 0.3) is 11.8 Å². The summed E-state index contributed by atoms with van der Waals surface area (Å²) in [5, 5.41) is 2.89. The number of carbonyl (C=O) groups is 3. The van der Waals surface area contributed by atoms with Gasteiger partial charge in [0.1, 0.15) is 5.69 Å². The predicted octanol–water partition coefficient (Wildman–Crippen LogP) is 2.26. The first-order chi connectivity index (χ1) is 13.4. The van der Waals surface area contributed by atoms with Gasteiger partial charge in [-0.1, -0.05) is 18.2 Å². The van der Waals surface area contributed by atoms with Crippen molar-refractivity contribution >= 4 is 23.4 Å². The van der Waals surface area contributed by atoms with Crippen LogP contribution in [-0.2, 0) is 4.79 Å². The first kappa shape index (κ1) is 19.5. The molecule has 0 saturated carbocycles. The number of piperazine rings is 1. The highest BCUT2D eigenvalue weighted by atomic mass is 16.2. The van der Waals surface area contributed by atoms with Crippen molar-refractivity contribution in [3.05, 3.63) is 58.9 Å². The van der Waals surface area contributed by atoms with Crippen molar-refractivity contribution in [2.75, 3.05) is 31.5 Å². The summed E-state index contributed by atoms with van der Waals surface area (Å²) >= 11 is 0. The van der Waals surface area contributed by atoms with Gasteiger partial charge in [0, 0.05) is 50.6 Å². The fraction of sp³-hybridized carbons (Fsp3) is 0.333. The van der Waals surface area contributed by atoms with E-state index in [-0.39, 0.29) is 23.4 Å². The molecule has 1 fully saturated rings. The van der Waals surface area contributed by atoms with Crippen LogP contribution in [0.4, 0.5) is 5.69 Å². The number of benzene rings is 1. The van der Waals surface area contributed by atoms with E-state index >= 15 is 0 Å². The molecule has 0 radical (unpaired) electrons. The summed E-state index contributed by atoms with van der Waals surface area (Å²) in [6.07, 6.45) is 1.47. The maximum Gasteiger partial charge on any atom is 0.274 e. The minimum atomic E-state index is -0.353. The topological polar surface area (TPSA) is 82.6 Å². The van der Waals surface area contributed by atoms with Crippen LogP contribution in [0.2, 0.25) is 0 Å². The van der Waals surface area contributed by atoms with Crippen molar-refractivity contribution in [3.63, 3.8) is 0 Å². The number of anilines is 1. The predicted molar refractivity (Wildman–Crippen MR) is 106 cm³/mol. The minimum Gasteiger partial charge on any atom is -0.339 e. The van der Waals surface area contributed by atoms with E-state index in [1.165, 1.54) is 19.2 Å². The highest BCUT2D eigenvalue weighted by Gasteiger charge is 2.24. The van der Waals surface area contributed by atoms with Crippen molar-refractivity contribution in [1.82, 2.24) is 14.8 Å². The Balaban J connectivity index is 1.72. The van der Waals surface area contributed by atoms with E-state index < -0.39 is 0 Å². The Morgan fingerprint density at radius 3 is 2.18 bits per heavy atom. The third-order valence-corrected chi connectivity index (χ3v) is 4.97. The fourth-order valence-corrected chi connectivity index (χ4v) is 3.28. The summed E-state index contributed by atoms with van der Waals surface area (Å²) in [5.41, 5.74) is 3.29. The van der Waals surface area contributed by atoms with Crippen molar-refractivity contribution in [1.29, 1.82) is 0 Å². The number of hydrogen-bond donors (Lipinski definition) is 1. The number of nitrogens with one attached hydrogen (secondary N) is 1. The lowest BCUT2D eigenvalue weighted by Gasteiger charge is -2.34. The average Bonchev–Trinajstić information content (AvgIpc) is 2.70. The number of nitrogens with zero attached hydrogens (tertiary/aromatic N) is 3. The number of rotatable bonds is 3. The van der Waals surface area contributed by atoms with Crippen LogP contribution in [0.25, 0.3) is 0 Å². The quantitative estimate of drug-likeness (QED) is 0.885. The van der Waals surface area contributed by atoms with E-state index in [0.29, 0.717) is 31.7 Å². The van der Waals surface area contributed by atoms with E-state index in [2.05, 4.69) is 10.3 Å². The molecule has 1 N–H and O–H groups in total. The molecule has 1 aromatic carbocycles. The molecule has 3 rings (SSSR count). The minimum absolute atomic E-state index is 0.0152. The van der Waals surface area contributed by atoms with Gasteiger partial charge in [-0.25, -0.2) is 0 Å². The second-order valence-electron chi connectivity index (χ2n) is 6.95. The molecular formula is C21H24N4O3. The lowest BCUT2D eigenvalue weighted by atomic mass is 10.1. The maximum atomic E-state index is 12.8. The highest BCUT2D eigenvalue weighted by Crippen LogP contribution is 2.20. The van der Waals surface area contributed by atoms with Gasteiger partial charge in [-0.3, -0.25) is 19.4 Å². The number of amides is 3. The Kier molecular flexibility index (Phi) is 5.73. The van der Waals surface area contributed by atoms with Crippen molar-refractivity contribution < 1.29 is 14.4 Å². The van der Waals surface area contributed by atoms with Crippen molar-refractivity contribution in [2.24, 2.45) is 0 Å². The molecule has 2 aromatic rings. The summed E-state index contributed by atoms with van der Waals surface area (Å²) in [7, 11) is 0. The fourth-order valence-electron chi connectivity index (χ4n) is 3.28. The molecule has 1 aliphatic rings. The zero-order chi connectivity index (χ0) is 20.3. The highest BCUT2D eigenvalue weighted by molar-refractivity contribution is 6.05. The van der Waals surface area contributed by atoms with Crippen LogP contribution in [0.5, 0.6) is 0 Å². The molecule has 0 bridgehead atoms. The average molecular weight is 380 g/mol. The van der Waals surface area contributed by atoms with Crippen LogP contribution >= 0.6 is 0 Å². The van der Waals surface area contributed by atoms with E-state index in [1.807, 2.05) is 32.0 Å². The number of carbonyl (C=O) groups excluding carboxylic acids is 3. The third kappa shape index (κ3) is 4.19. The van der Waals surface area contributed by atoms with E-state index in [0.717, 1.165) is 16.8 Å². The molecular weight excluding hydrogens is 356 g/mol. The maximum absolute atomic E-state index is 12.8. The van der Waals surface area contributed by atoms with Crippen LogP contribution in [0.15, 0.2) is 36.5 Å². The second-order valence-corrected chi connectivity index (χ2v) is 6.95. The molecule has 7 heteroatoms. The van der Waals surface area contributed by atoms with Gasteiger partial charge < -0.3 is 15.1 Å². The zero-order valence-electron chi connectivity index (χ0n) is 16.4. The Morgan fingerprint density at radius 1 is 0.964 bits per heavy atom. The second kappa shape index (κ2) is 8.21. The van der Waals surface area contributed by atoms with Gasteiger partial charge in [0.05, 0.1) is 0 Å². The molecule has 28 heavy (non-hydrogen) atoms. The Bertz CT molecular complexity index is 897. The lowest BCUT2D eigenvalue weighted by molar-refractivity contribution is -0.130. The van der Waals surface area contributed by atoms with Crippen LogP contribution in [0.1, 0.15) is 38.9 Å². The molecule has 1 saturated heterocycles. The number of para-hydroxylation sites is 1. The van der Waals surface area contributed by atoms with Gasteiger partial charge >= 0.3 is 0 Å². The van der Waals surface area contributed by atoms with Crippen LogP contribution in [0, 0.1) is 13.8 Å². The van der Waals surface area contributed by atoms with Gasteiger partial charge in [-0.05, 0) is 37.1 Å². The Hall–Kier alpha value is -3.22. The molecule has 146 valence electrons. The number of pyridine rings is 1. The number of hydrogen-bond acceptors (Lipinski definition) is 4. The smallest absolute Gasteiger partial charge is 0.274 e. The number of aromatic nitrogens is 1. The first-order valence-corrected chi connectivity index (χ1v) is 9.25. The molecule has 7 nitrogen and oxygen atoms in total. The van der Waals surface area contributed by atoms with E-state index in [9.17, 15) is 14.4 Å². The van der Waals surface area contributed by atoms with Gasteiger partial charge in [-0.15, -0.1) is 0 Å². The standard InChI is InChI=1S/C21H24N4O3/c1-14-5-4-6-15(2)19(14)23-20(27)18-13-17(7-8-22-18)21(28)25-11-9-24(10-12-25)16(3)26/h4-8,13H,9-12H2,1-3H3,(H,23,27). The summed E-state index contributed by atoms with van der Waals surface area (Å²) < 4.78 is 0. The normalized spacial score (nSPS) is 14.0. The summed E-state index contributed by atoms with van der Waals surface area (Å²) in [6, 6.07) is 8.91. The van der Waals surface area contributed by atoms with Crippen molar-refractivity contribution in [2.45, 2.75) is 20.8 Å².